The highest BCUT2D eigenvalue weighted by atomic mass is 16.5. The van der Waals surface area contributed by atoms with E-state index >= 15 is 0 Å². The van der Waals surface area contributed by atoms with E-state index in [0.29, 0.717) is 23.4 Å². The number of amides is 1. The Labute approximate surface area is 132 Å². The fourth-order valence-electron chi connectivity index (χ4n) is 2.29. The molecule has 23 heavy (non-hydrogen) atoms. The molecule has 0 saturated carbocycles. The van der Waals surface area contributed by atoms with Crippen LogP contribution in [-0.2, 0) is 4.79 Å². The van der Waals surface area contributed by atoms with E-state index in [9.17, 15) is 4.79 Å². The van der Waals surface area contributed by atoms with E-state index < -0.39 is 0 Å². The summed E-state index contributed by atoms with van der Waals surface area (Å²) >= 11 is 0. The van der Waals surface area contributed by atoms with Crippen molar-refractivity contribution < 1.29 is 13.7 Å². The van der Waals surface area contributed by atoms with Crippen LogP contribution in [0, 0.1) is 13.8 Å². The third-order valence-electron chi connectivity index (χ3n) is 3.33. The van der Waals surface area contributed by atoms with E-state index in [4.69, 9.17) is 8.94 Å². The quantitative estimate of drug-likeness (QED) is 0.778. The zero-order valence-corrected chi connectivity index (χ0v) is 12.8. The summed E-state index contributed by atoms with van der Waals surface area (Å²) in [6.45, 7) is 3.48. The van der Waals surface area contributed by atoms with Crippen LogP contribution >= 0.6 is 0 Å². The van der Waals surface area contributed by atoms with Gasteiger partial charge in [-0.05, 0) is 12.5 Å². The Morgan fingerprint density at radius 3 is 2.61 bits per heavy atom. The summed E-state index contributed by atoms with van der Waals surface area (Å²) in [7, 11) is 0. The van der Waals surface area contributed by atoms with Crippen molar-refractivity contribution in [2.45, 2.75) is 26.2 Å². The Morgan fingerprint density at radius 1 is 1.22 bits per heavy atom. The van der Waals surface area contributed by atoms with Crippen molar-refractivity contribution in [1.29, 1.82) is 0 Å². The summed E-state index contributed by atoms with van der Waals surface area (Å²) in [5.41, 5.74) is 0.933. The van der Waals surface area contributed by atoms with Crippen molar-refractivity contribution in [2.24, 2.45) is 0 Å². The molecule has 1 N–H and O–H groups in total. The van der Waals surface area contributed by atoms with E-state index in [1.54, 1.807) is 19.9 Å². The Hall–Kier alpha value is -2.96. The molecule has 0 saturated heterocycles. The van der Waals surface area contributed by atoms with Crippen LogP contribution in [0.15, 0.2) is 45.3 Å². The molecule has 0 fully saturated rings. The van der Waals surface area contributed by atoms with Gasteiger partial charge in [-0.2, -0.15) is 0 Å². The van der Waals surface area contributed by atoms with Crippen molar-refractivity contribution in [3.8, 4) is 0 Å². The van der Waals surface area contributed by atoms with Crippen molar-refractivity contribution in [1.82, 2.24) is 15.4 Å². The molecule has 7 nitrogen and oxygen atoms in total. The average Bonchev–Trinajstić information content (AvgIpc) is 3.14. The minimum Gasteiger partial charge on any atom is -0.425 e. The number of carbonyl (C=O) groups excluding carboxylic acids is 1. The summed E-state index contributed by atoms with van der Waals surface area (Å²) in [5, 5.41) is 14.4. The Bertz CT molecular complexity index is 795. The van der Waals surface area contributed by atoms with Crippen molar-refractivity contribution >= 4 is 11.7 Å². The van der Waals surface area contributed by atoms with Crippen LogP contribution in [0.5, 0.6) is 0 Å². The van der Waals surface area contributed by atoms with Gasteiger partial charge in [0.05, 0.1) is 5.92 Å². The predicted octanol–water partition coefficient (Wildman–Crippen LogP) is 2.84. The fraction of sp³-hybridized carbons (Fsp3) is 0.250. The summed E-state index contributed by atoms with van der Waals surface area (Å²) in [6, 6.07) is 11.2. The predicted molar refractivity (Wildman–Crippen MR) is 81.8 cm³/mol. The molecule has 0 radical (unpaired) electrons. The van der Waals surface area contributed by atoms with Crippen LogP contribution in [0.25, 0.3) is 0 Å². The molecule has 3 aromatic rings. The van der Waals surface area contributed by atoms with Crippen LogP contribution in [0.2, 0.25) is 0 Å². The normalized spacial score (nSPS) is 12.1. The summed E-state index contributed by atoms with van der Waals surface area (Å²) in [4.78, 5) is 12.3. The molecule has 0 bridgehead atoms. The lowest BCUT2D eigenvalue weighted by molar-refractivity contribution is -0.116. The minimum atomic E-state index is -0.314. The number of benzene rings is 1. The second-order valence-electron chi connectivity index (χ2n) is 5.20. The molecule has 0 aliphatic heterocycles. The number of anilines is 1. The lowest BCUT2D eigenvalue weighted by Gasteiger charge is -2.12. The Morgan fingerprint density at radius 2 is 2.00 bits per heavy atom. The molecule has 118 valence electrons. The minimum absolute atomic E-state index is 0.164. The number of carbonyl (C=O) groups is 1. The molecule has 0 aliphatic carbocycles. The van der Waals surface area contributed by atoms with Gasteiger partial charge in [-0.15, -0.1) is 10.2 Å². The van der Waals surface area contributed by atoms with E-state index in [1.807, 2.05) is 30.3 Å². The van der Waals surface area contributed by atoms with Gasteiger partial charge in [0.25, 0.3) is 0 Å². The molecule has 1 atom stereocenters. The van der Waals surface area contributed by atoms with Crippen molar-refractivity contribution in [2.75, 3.05) is 5.32 Å². The largest absolute Gasteiger partial charge is 0.425 e. The maximum absolute atomic E-state index is 12.3. The number of hydrogen-bond acceptors (Lipinski definition) is 6. The second-order valence-corrected chi connectivity index (χ2v) is 5.20. The van der Waals surface area contributed by atoms with Gasteiger partial charge in [-0.25, -0.2) is 0 Å². The van der Waals surface area contributed by atoms with Crippen LogP contribution in [0.4, 0.5) is 5.82 Å². The molecule has 7 heteroatoms. The average molecular weight is 312 g/mol. The number of nitrogens with zero attached hydrogens (tertiary/aromatic N) is 3. The Balaban J connectivity index is 1.80. The van der Waals surface area contributed by atoms with Gasteiger partial charge in [-0.3, -0.25) is 4.79 Å². The molecule has 3 rings (SSSR count). The first-order valence-electron chi connectivity index (χ1n) is 7.20. The van der Waals surface area contributed by atoms with E-state index in [-0.39, 0.29) is 18.2 Å². The summed E-state index contributed by atoms with van der Waals surface area (Å²) in [6.07, 6.45) is 0.164. The smallest absolute Gasteiger partial charge is 0.226 e. The molecule has 2 aromatic heterocycles. The zero-order chi connectivity index (χ0) is 16.2. The lowest BCUT2D eigenvalue weighted by atomic mass is 9.95. The number of aryl methyl sites for hydroxylation is 2. The van der Waals surface area contributed by atoms with Gasteiger partial charge in [-0.1, -0.05) is 35.5 Å². The van der Waals surface area contributed by atoms with Crippen molar-refractivity contribution in [3.63, 3.8) is 0 Å². The first kappa shape index (κ1) is 15.0. The molecular weight excluding hydrogens is 296 g/mol. The first-order chi connectivity index (χ1) is 11.1. The van der Waals surface area contributed by atoms with Gasteiger partial charge in [0.1, 0.15) is 5.76 Å². The van der Waals surface area contributed by atoms with Crippen LogP contribution < -0.4 is 5.32 Å². The SMILES string of the molecule is Cc1cc(NC(=O)CC(c2ccccc2)c2nnc(C)o2)no1. The third-order valence-corrected chi connectivity index (χ3v) is 3.33. The first-order valence-corrected chi connectivity index (χ1v) is 7.20. The molecule has 1 amide bonds. The summed E-state index contributed by atoms with van der Waals surface area (Å²) in [5.74, 6) is 1.38. The maximum Gasteiger partial charge on any atom is 0.226 e. The number of nitrogens with one attached hydrogen (secondary N) is 1. The van der Waals surface area contributed by atoms with E-state index in [2.05, 4.69) is 20.7 Å². The van der Waals surface area contributed by atoms with Gasteiger partial charge in [0, 0.05) is 19.4 Å². The summed E-state index contributed by atoms with van der Waals surface area (Å²) < 4.78 is 10.5. The van der Waals surface area contributed by atoms with Gasteiger partial charge < -0.3 is 14.3 Å². The maximum atomic E-state index is 12.3. The molecule has 1 aromatic carbocycles. The fourth-order valence-corrected chi connectivity index (χ4v) is 2.29. The highest BCUT2D eigenvalue weighted by molar-refractivity contribution is 5.90. The van der Waals surface area contributed by atoms with Crippen LogP contribution in [-0.4, -0.2) is 21.3 Å². The molecular formula is C16H16N4O3. The van der Waals surface area contributed by atoms with Gasteiger partial charge in [0.2, 0.25) is 17.7 Å². The van der Waals surface area contributed by atoms with E-state index in [0.717, 1.165) is 5.56 Å². The lowest BCUT2D eigenvalue weighted by Crippen LogP contribution is -2.17. The highest BCUT2D eigenvalue weighted by Gasteiger charge is 2.24. The third kappa shape index (κ3) is 3.63. The number of rotatable bonds is 5. The molecule has 2 heterocycles. The standard InChI is InChI=1S/C16H16N4O3/c1-10-8-14(20-23-10)17-15(21)9-13(12-6-4-3-5-7-12)16-19-18-11(2)22-16/h3-8,13H,9H2,1-2H3,(H,17,20,21). The highest BCUT2D eigenvalue weighted by Crippen LogP contribution is 2.27. The molecule has 0 aliphatic rings. The van der Waals surface area contributed by atoms with E-state index in [1.165, 1.54) is 0 Å². The number of aromatic nitrogens is 3. The Kier molecular flexibility index (Phi) is 4.18. The zero-order valence-electron chi connectivity index (χ0n) is 12.8. The second kappa shape index (κ2) is 6.43. The molecule has 0 spiro atoms. The monoisotopic (exact) mass is 312 g/mol. The van der Waals surface area contributed by atoms with Gasteiger partial charge >= 0.3 is 0 Å². The van der Waals surface area contributed by atoms with Crippen molar-refractivity contribution in [3.05, 3.63) is 59.5 Å². The van der Waals surface area contributed by atoms with Crippen LogP contribution in [0.3, 0.4) is 0 Å². The number of hydrogen-bond donors (Lipinski definition) is 1. The molecule has 1 unspecified atom stereocenters. The van der Waals surface area contributed by atoms with Gasteiger partial charge in [0.15, 0.2) is 5.82 Å². The van der Waals surface area contributed by atoms with Crippen LogP contribution in [0.1, 0.15) is 35.4 Å². The topological polar surface area (TPSA) is 94.1 Å².